The third-order valence-electron chi connectivity index (χ3n) is 3.61. The second-order valence-corrected chi connectivity index (χ2v) is 4.73. The molecule has 1 N–H and O–H groups in total. The van der Waals surface area contributed by atoms with Crippen LogP contribution >= 0.6 is 0 Å². The minimum atomic E-state index is 0.638. The van der Waals surface area contributed by atoms with Crippen LogP contribution in [0.25, 0.3) is 10.9 Å². The Morgan fingerprint density at radius 1 is 0.889 bits per heavy atom. The van der Waals surface area contributed by atoms with E-state index >= 15 is 0 Å². The molecule has 0 aliphatic carbocycles. The van der Waals surface area contributed by atoms with Crippen molar-refractivity contribution in [3.05, 3.63) is 65.4 Å². The predicted octanol–water partition coefficient (Wildman–Crippen LogP) is 3.65. The summed E-state index contributed by atoms with van der Waals surface area (Å²) in [4.78, 5) is 3.35. The first-order chi connectivity index (χ1) is 8.92. The van der Waals surface area contributed by atoms with Crippen LogP contribution in [0, 0.1) is 0 Å². The Bertz CT molecular complexity index is 727. The van der Waals surface area contributed by atoms with Gasteiger partial charge in [0.25, 0.3) is 0 Å². The van der Waals surface area contributed by atoms with Gasteiger partial charge in [0.15, 0.2) is 0 Å². The Balaban J connectivity index is 1.98. The van der Waals surface area contributed by atoms with Crippen molar-refractivity contribution in [1.82, 2.24) is 4.98 Å². The van der Waals surface area contributed by atoms with Gasteiger partial charge in [0.05, 0.1) is 0 Å². The molecule has 2 nitrogen and oxygen atoms in total. The molecule has 2 heterocycles. The molecule has 1 aromatic heterocycles. The summed E-state index contributed by atoms with van der Waals surface area (Å²) >= 11 is 0. The van der Waals surface area contributed by atoms with E-state index in [0.29, 0.717) is 6.61 Å². The highest BCUT2D eigenvalue weighted by Gasteiger charge is 2.15. The average Bonchev–Trinajstić information content (AvgIpc) is 2.79. The number of rotatable bonds is 0. The lowest BCUT2D eigenvalue weighted by Gasteiger charge is -2.16. The maximum absolute atomic E-state index is 5.93. The Labute approximate surface area is 105 Å². The molecule has 0 radical (unpaired) electrons. The van der Waals surface area contributed by atoms with E-state index in [1.807, 2.05) is 12.1 Å². The monoisotopic (exact) mass is 235 g/mol. The first-order valence-corrected chi connectivity index (χ1v) is 6.20. The number of aromatic amines is 1. The van der Waals surface area contributed by atoms with Crippen LogP contribution in [-0.2, 0) is 13.0 Å². The van der Waals surface area contributed by atoms with Crippen molar-refractivity contribution in [2.75, 3.05) is 0 Å². The van der Waals surface area contributed by atoms with E-state index in [-0.39, 0.29) is 0 Å². The smallest absolute Gasteiger partial charge is 0.123 e. The fraction of sp³-hybridized carbons (Fsp3) is 0.125. The molecule has 4 rings (SSSR count). The zero-order valence-electron chi connectivity index (χ0n) is 9.94. The summed E-state index contributed by atoms with van der Waals surface area (Å²) in [5.41, 5.74) is 5.08. The van der Waals surface area contributed by atoms with Gasteiger partial charge in [-0.25, -0.2) is 0 Å². The number of ether oxygens (including phenoxy) is 1. The van der Waals surface area contributed by atoms with Crippen LogP contribution in [0.1, 0.15) is 16.7 Å². The molecule has 0 spiro atoms. The number of benzene rings is 2. The molecule has 2 heteroatoms. The zero-order valence-corrected chi connectivity index (χ0v) is 9.94. The number of hydrogen-bond acceptors (Lipinski definition) is 1. The third kappa shape index (κ3) is 1.35. The highest BCUT2D eigenvalue weighted by molar-refractivity contribution is 5.87. The van der Waals surface area contributed by atoms with Gasteiger partial charge in [-0.05, 0) is 28.8 Å². The first kappa shape index (κ1) is 9.77. The van der Waals surface area contributed by atoms with Crippen molar-refractivity contribution < 1.29 is 4.74 Å². The van der Waals surface area contributed by atoms with Gasteiger partial charge in [-0.3, -0.25) is 0 Å². The van der Waals surface area contributed by atoms with E-state index in [1.165, 1.54) is 27.6 Å². The van der Waals surface area contributed by atoms with E-state index < -0.39 is 0 Å². The highest BCUT2D eigenvalue weighted by Crippen LogP contribution is 2.31. The average molecular weight is 235 g/mol. The van der Waals surface area contributed by atoms with Crippen molar-refractivity contribution in [2.45, 2.75) is 13.0 Å². The summed E-state index contributed by atoms with van der Waals surface area (Å²) in [7, 11) is 0. The number of para-hydroxylation sites is 1. The van der Waals surface area contributed by atoms with Crippen molar-refractivity contribution in [1.29, 1.82) is 0 Å². The van der Waals surface area contributed by atoms with Gasteiger partial charge in [0.1, 0.15) is 12.4 Å². The summed E-state index contributed by atoms with van der Waals surface area (Å²) in [5.74, 6) is 1.00. The quantitative estimate of drug-likeness (QED) is 0.632. The number of nitrogens with one attached hydrogen (secondary N) is 1. The van der Waals surface area contributed by atoms with Crippen molar-refractivity contribution in [2.24, 2.45) is 0 Å². The van der Waals surface area contributed by atoms with Crippen LogP contribution < -0.4 is 4.74 Å². The molecular formula is C16H13NO. The van der Waals surface area contributed by atoms with Gasteiger partial charge in [0.2, 0.25) is 0 Å². The minimum absolute atomic E-state index is 0.638. The molecule has 0 bridgehead atoms. The topological polar surface area (TPSA) is 25.0 Å². The molecule has 0 saturated heterocycles. The Morgan fingerprint density at radius 3 is 2.78 bits per heavy atom. The molecular weight excluding hydrogens is 222 g/mol. The van der Waals surface area contributed by atoms with Gasteiger partial charge in [-0.15, -0.1) is 0 Å². The summed E-state index contributed by atoms with van der Waals surface area (Å²) in [5, 5.41) is 1.33. The van der Waals surface area contributed by atoms with E-state index in [9.17, 15) is 0 Å². The predicted molar refractivity (Wildman–Crippen MR) is 71.9 cm³/mol. The standard InChI is InChI=1S/C16H13NO/c1-2-7-15-11(4-1)8-13-9-17-14-6-3-5-12(10-18-15)16(13)14/h1-7,9,17H,8,10H2. The van der Waals surface area contributed by atoms with Crippen LogP contribution in [0.5, 0.6) is 5.75 Å². The number of H-pyrrole nitrogens is 1. The summed E-state index contributed by atoms with van der Waals surface area (Å²) < 4.78 is 5.93. The summed E-state index contributed by atoms with van der Waals surface area (Å²) in [6.07, 6.45) is 3.05. The molecule has 1 aliphatic heterocycles. The largest absolute Gasteiger partial charge is 0.489 e. The molecule has 0 unspecified atom stereocenters. The van der Waals surface area contributed by atoms with Crippen molar-refractivity contribution in [3.63, 3.8) is 0 Å². The summed E-state index contributed by atoms with van der Waals surface area (Å²) in [6.45, 7) is 0.638. The number of fused-ring (bicyclic) bond motifs is 1. The fourth-order valence-electron chi connectivity index (χ4n) is 2.75. The van der Waals surface area contributed by atoms with Gasteiger partial charge < -0.3 is 9.72 Å². The van der Waals surface area contributed by atoms with Gasteiger partial charge in [-0.2, -0.15) is 0 Å². The van der Waals surface area contributed by atoms with Crippen molar-refractivity contribution >= 4 is 10.9 Å². The molecule has 0 fully saturated rings. The van der Waals surface area contributed by atoms with Crippen LogP contribution in [0.3, 0.4) is 0 Å². The second kappa shape index (κ2) is 3.64. The van der Waals surface area contributed by atoms with E-state index in [1.54, 1.807) is 0 Å². The molecule has 0 atom stereocenters. The normalized spacial score (nSPS) is 13.6. The first-order valence-electron chi connectivity index (χ1n) is 6.20. The van der Waals surface area contributed by atoms with E-state index in [4.69, 9.17) is 4.74 Å². The van der Waals surface area contributed by atoms with Crippen LogP contribution in [0.15, 0.2) is 48.7 Å². The van der Waals surface area contributed by atoms with Gasteiger partial charge in [-0.1, -0.05) is 30.3 Å². The maximum Gasteiger partial charge on any atom is 0.123 e. The molecule has 0 saturated carbocycles. The fourth-order valence-corrected chi connectivity index (χ4v) is 2.75. The lowest BCUT2D eigenvalue weighted by atomic mass is 9.99. The highest BCUT2D eigenvalue weighted by atomic mass is 16.5. The van der Waals surface area contributed by atoms with E-state index in [2.05, 4.69) is 41.5 Å². The lowest BCUT2D eigenvalue weighted by Crippen LogP contribution is -2.03. The van der Waals surface area contributed by atoms with E-state index in [0.717, 1.165) is 12.2 Å². The maximum atomic E-state index is 5.93. The van der Waals surface area contributed by atoms with Gasteiger partial charge >= 0.3 is 0 Å². The Hall–Kier alpha value is -2.22. The molecule has 0 amide bonds. The summed E-state index contributed by atoms with van der Waals surface area (Å²) in [6, 6.07) is 14.6. The molecule has 3 aromatic rings. The zero-order chi connectivity index (χ0) is 11.9. The molecule has 1 aliphatic rings. The SMILES string of the molecule is c1ccc2c(c1)Cc1c[nH]c3cccc(c13)CO2. The Kier molecular flexibility index (Phi) is 1.97. The third-order valence-corrected chi connectivity index (χ3v) is 3.61. The molecule has 2 aromatic carbocycles. The van der Waals surface area contributed by atoms with Crippen LogP contribution in [0.4, 0.5) is 0 Å². The second-order valence-electron chi connectivity index (χ2n) is 4.73. The molecule has 18 heavy (non-hydrogen) atoms. The van der Waals surface area contributed by atoms with Crippen LogP contribution in [0.2, 0.25) is 0 Å². The number of hydrogen-bond donors (Lipinski definition) is 1. The molecule has 88 valence electrons. The minimum Gasteiger partial charge on any atom is -0.489 e. The van der Waals surface area contributed by atoms with Crippen molar-refractivity contribution in [3.8, 4) is 5.75 Å². The lowest BCUT2D eigenvalue weighted by molar-refractivity contribution is 0.304. The Morgan fingerprint density at radius 2 is 1.78 bits per heavy atom. The van der Waals surface area contributed by atoms with Gasteiger partial charge in [0, 0.05) is 23.5 Å². The number of aromatic nitrogens is 1. The van der Waals surface area contributed by atoms with Crippen LogP contribution in [-0.4, -0.2) is 4.98 Å².